The molecule has 1 aliphatic rings. The highest BCUT2D eigenvalue weighted by atomic mass is 28.4. The lowest BCUT2D eigenvalue weighted by atomic mass is 9.67. The molecule has 1 unspecified atom stereocenters. The van der Waals surface area contributed by atoms with Crippen LogP contribution in [0.1, 0.15) is 72.6 Å². The molecule has 0 bridgehead atoms. The molecule has 0 N–H and O–H groups in total. The van der Waals surface area contributed by atoms with Gasteiger partial charge < -0.3 is 4.43 Å². The number of hydrogen-bond donors (Lipinski definition) is 0. The average Bonchev–Trinajstić information content (AvgIpc) is 2.77. The molecule has 0 amide bonds. The number of nitrogens with zero attached hydrogens (tertiary/aromatic N) is 1. The molecule has 0 radical (unpaired) electrons. The average molecular weight is 434 g/mol. The van der Waals surface area contributed by atoms with Crippen molar-refractivity contribution in [3.05, 3.63) is 60.7 Å². The molecular weight excluding hydrogens is 394 g/mol. The fourth-order valence-corrected chi connectivity index (χ4v) is 10.3. The maximum atomic E-state index is 9.46. The van der Waals surface area contributed by atoms with E-state index in [-0.39, 0.29) is 16.4 Å². The molecule has 2 aromatic carbocycles. The largest absolute Gasteiger partial charge is 0.407 e. The van der Waals surface area contributed by atoms with E-state index in [4.69, 9.17) is 4.43 Å². The Bertz CT molecular complexity index is 805. The molecule has 2 nitrogen and oxygen atoms in total. The molecular formula is C28H39NOSi. The summed E-state index contributed by atoms with van der Waals surface area (Å²) in [4.78, 5) is 0. The van der Waals surface area contributed by atoms with Gasteiger partial charge in [0.1, 0.15) is 0 Å². The Kier molecular flexibility index (Phi) is 7.78. The molecule has 0 aliphatic heterocycles. The molecule has 0 aromatic heterocycles. The Balaban J connectivity index is 1.93. The highest BCUT2D eigenvalue weighted by Crippen LogP contribution is 2.45. The monoisotopic (exact) mass is 433 g/mol. The first-order chi connectivity index (χ1) is 14.8. The lowest BCUT2D eigenvalue weighted by Gasteiger charge is -2.45. The van der Waals surface area contributed by atoms with Gasteiger partial charge in [-0.3, -0.25) is 0 Å². The molecule has 1 aliphatic carbocycles. The predicted molar refractivity (Wildman–Crippen MR) is 133 cm³/mol. The smallest absolute Gasteiger partial charge is 0.261 e. The maximum Gasteiger partial charge on any atom is 0.261 e. The second-order valence-electron chi connectivity index (χ2n) is 10.6. The molecule has 3 rings (SSSR count). The van der Waals surface area contributed by atoms with Gasteiger partial charge in [-0.15, -0.1) is 0 Å². The Morgan fingerprint density at radius 2 is 1.45 bits per heavy atom. The third kappa shape index (κ3) is 5.30. The number of nitriles is 1. The quantitative estimate of drug-likeness (QED) is 0.448. The summed E-state index contributed by atoms with van der Waals surface area (Å²) in [5.74, 6) is 0.117. The molecule has 31 heavy (non-hydrogen) atoms. The zero-order valence-corrected chi connectivity index (χ0v) is 20.9. The summed E-state index contributed by atoms with van der Waals surface area (Å²) in [5, 5.41) is 12.2. The van der Waals surface area contributed by atoms with Crippen LogP contribution in [0.25, 0.3) is 0 Å². The summed E-state index contributed by atoms with van der Waals surface area (Å²) in [6.45, 7) is 9.87. The summed E-state index contributed by atoms with van der Waals surface area (Å²) in [7, 11) is -2.48. The SMILES string of the molecule is CC(C#N)CC1(CCO[Si](c2ccccc2)(c2ccccc2)C(C)(C)C)CCCCC1. The van der Waals surface area contributed by atoms with Crippen LogP contribution >= 0.6 is 0 Å². The van der Waals surface area contributed by atoms with Gasteiger partial charge in [-0.25, -0.2) is 0 Å². The molecule has 0 heterocycles. The van der Waals surface area contributed by atoms with E-state index in [9.17, 15) is 5.26 Å². The van der Waals surface area contributed by atoms with Crippen LogP contribution in [0.5, 0.6) is 0 Å². The molecule has 0 spiro atoms. The van der Waals surface area contributed by atoms with Crippen LogP contribution in [-0.2, 0) is 4.43 Å². The minimum atomic E-state index is -2.48. The molecule has 3 heteroatoms. The Morgan fingerprint density at radius 1 is 0.935 bits per heavy atom. The topological polar surface area (TPSA) is 33.0 Å². The van der Waals surface area contributed by atoms with Crippen LogP contribution in [0.3, 0.4) is 0 Å². The van der Waals surface area contributed by atoms with Crippen molar-refractivity contribution in [3.8, 4) is 6.07 Å². The number of hydrogen-bond acceptors (Lipinski definition) is 2. The fourth-order valence-electron chi connectivity index (χ4n) is 5.74. The van der Waals surface area contributed by atoms with E-state index in [1.165, 1.54) is 42.5 Å². The van der Waals surface area contributed by atoms with Crippen molar-refractivity contribution in [3.63, 3.8) is 0 Å². The van der Waals surface area contributed by atoms with E-state index < -0.39 is 8.32 Å². The third-order valence-corrected chi connectivity index (χ3v) is 12.3. The van der Waals surface area contributed by atoms with Gasteiger partial charge in [0.2, 0.25) is 0 Å². The lowest BCUT2D eigenvalue weighted by molar-refractivity contribution is 0.112. The summed E-state index contributed by atoms with van der Waals surface area (Å²) >= 11 is 0. The van der Waals surface area contributed by atoms with Crippen molar-refractivity contribution in [2.24, 2.45) is 11.3 Å². The highest BCUT2D eigenvalue weighted by Gasteiger charge is 2.50. The number of rotatable bonds is 8. The van der Waals surface area contributed by atoms with E-state index in [0.29, 0.717) is 0 Å². The van der Waals surface area contributed by atoms with Gasteiger partial charge in [-0.2, -0.15) is 5.26 Å². The van der Waals surface area contributed by atoms with Gasteiger partial charge in [-0.05, 0) is 53.4 Å². The zero-order chi connectivity index (χ0) is 22.4. The first-order valence-corrected chi connectivity index (χ1v) is 13.9. The second-order valence-corrected chi connectivity index (χ2v) is 14.9. The van der Waals surface area contributed by atoms with E-state index in [2.05, 4.69) is 94.4 Å². The highest BCUT2D eigenvalue weighted by molar-refractivity contribution is 6.99. The van der Waals surface area contributed by atoms with Crippen molar-refractivity contribution in [1.29, 1.82) is 5.26 Å². The van der Waals surface area contributed by atoms with Crippen molar-refractivity contribution in [2.75, 3.05) is 6.61 Å². The van der Waals surface area contributed by atoms with Crippen LogP contribution < -0.4 is 10.4 Å². The van der Waals surface area contributed by atoms with Crippen LogP contribution in [0.2, 0.25) is 5.04 Å². The van der Waals surface area contributed by atoms with Gasteiger partial charge in [-0.1, -0.05) is 101 Å². The van der Waals surface area contributed by atoms with Gasteiger partial charge in [0.05, 0.1) is 6.07 Å². The Labute approximate surface area is 190 Å². The summed E-state index contributed by atoms with van der Waals surface area (Å²) < 4.78 is 7.17. The normalized spacial score (nSPS) is 17.6. The molecule has 0 saturated heterocycles. The molecule has 1 saturated carbocycles. The van der Waals surface area contributed by atoms with Crippen molar-refractivity contribution >= 4 is 18.7 Å². The minimum Gasteiger partial charge on any atom is -0.407 e. The standard InChI is InChI=1S/C28H39NOSi/c1-24(23-29)22-28(18-12-7-13-19-28)20-21-30-31(27(2,3)4,25-14-8-5-9-15-25)26-16-10-6-11-17-26/h5-6,8-11,14-17,24H,7,12-13,18-22H2,1-4H3. The van der Waals surface area contributed by atoms with E-state index in [1.807, 2.05) is 0 Å². The zero-order valence-electron chi connectivity index (χ0n) is 19.9. The van der Waals surface area contributed by atoms with Crippen LogP contribution in [-0.4, -0.2) is 14.9 Å². The van der Waals surface area contributed by atoms with Gasteiger partial charge >= 0.3 is 0 Å². The summed E-state index contributed by atoms with van der Waals surface area (Å²) in [6.07, 6.45) is 8.45. The molecule has 2 aromatic rings. The Morgan fingerprint density at radius 3 is 1.90 bits per heavy atom. The predicted octanol–water partition coefficient (Wildman–Crippen LogP) is 6.45. The molecule has 166 valence electrons. The fraction of sp³-hybridized carbons (Fsp3) is 0.536. The second kappa shape index (κ2) is 10.2. The van der Waals surface area contributed by atoms with E-state index in [1.54, 1.807) is 0 Å². The van der Waals surface area contributed by atoms with Crippen molar-refractivity contribution in [2.45, 2.75) is 77.7 Å². The third-order valence-electron chi connectivity index (χ3n) is 7.24. The number of benzene rings is 2. The van der Waals surface area contributed by atoms with Crippen molar-refractivity contribution in [1.82, 2.24) is 0 Å². The molecule has 1 atom stereocenters. The van der Waals surface area contributed by atoms with Crippen LogP contribution in [0.4, 0.5) is 0 Å². The summed E-state index contributed by atoms with van der Waals surface area (Å²) in [5.41, 5.74) is 0.263. The first-order valence-electron chi connectivity index (χ1n) is 12.0. The molecule has 1 fully saturated rings. The van der Waals surface area contributed by atoms with Gasteiger partial charge in [0, 0.05) is 12.5 Å². The van der Waals surface area contributed by atoms with E-state index in [0.717, 1.165) is 19.4 Å². The first kappa shape index (κ1) is 23.8. The maximum absolute atomic E-state index is 9.46. The van der Waals surface area contributed by atoms with Crippen LogP contribution in [0, 0.1) is 22.7 Å². The van der Waals surface area contributed by atoms with Crippen molar-refractivity contribution < 1.29 is 4.43 Å². The minimum absolute atomic E-state index is 0.00931. The van der Waals surface area contributed by atoms with Gasteiger partial charge in [0.25, 0.3) is 8.32 Å². The Hall–Kier alpha value is -1.89. The van der Waals surface area contributed by atoms with Crippen LogP contribution in [0.15, 0.2) is 60.7 Å². The van der Waals surface area contributed by atoms with Gasteiger partial charge in [0.15, 0.2) is 0 Å². The summed E-state index contributed by atoms with van der Waals surface area (Å²) in [6, 6.07) is 24.3. The lowest BCUT2D eigenvalue weighted by Crippen LogP contribution is -2.66. The van der Waals surface area contributed by atoms with E-state index >= 15 is 0 Å².